The van der Waals surface area contributed by atoms with Gasteiger partial charge in [-0.15, -0.1) is 0 Å². The van der Waals surface area contributed by atoms with Crippen molar-refractivity contribution in [3.05, 3.63) is 18.1 Å². The quantitative estimate of drug-likeness (QED) is 0.704. The topological polar surface area (TPSA) is 67.4 Å². The van der Waals surface area contributed by atoms with Gasteiger partial charge in [-0.25, -0.2) is 14.8 Å². The maximum atomic E-state index is 11.3. The van der Waals surface area contributed by atoms with Crippen LogP contribution in [0.25, 0.3) is 0 Å². The number of aromatic nitrogens is 2. The highest BCUT2D eigenvalue weighted by atomic mass is 16.5. The minimum absolute atomic E-state index is 0.220. The van der Waals surface area contributed by atoms with Gasteiger partial charge in [-0.3, -0.25) is 0 Å². The fourth-order valence-electron chi connectivity index (χ4n) is 2.10. The lowest BCUT2D eigenvalue weighted by atomic mass is 10.2. The third-order valence-electron chi connectivity index (χ3n) is 3.45. The summed E-state index contributed by atoms with van der Waals surface area (Å²) in [6.45, 7) is 9.80. The molecule has 1 aromatic rings. The van der Waals surface area contributed by atoms with Gasteiger partial charge in [0.2, 0.25) is 0 Å². The molecule has 1 aromatic heterocycles. The van der Waals surface area contributed by atoms with E-state index in [1.165, 1.54) is 13.3 Å². The summed E-state index contributed by atoms with van der Waals surface area (Å²) in [6.07, 6.45) is 5.20. The number of carbonyl (C=O) groups excluding carboxylic acids is 1. The van der Waals surface area contributed by atoms with Crippen LogP contribution in [0.3, 0.4) is 0 Å². The number of hydrogen-bond acceptors (Lipinski definition) is 6. The molecule has 0 amide bonds. The maximum Gasteiger partial charge on any atom is 0.358 e. The molecule has 0 aliphatic carbocycles. The second-order valence-corrected chi connectivity index (χ2v) is 4.99. The summed E-state index contributed by atoms with van der Waals surface area (Å²) in [7, 11) is 1.33. The normalized spacial score (nSPS) is 12.2. The number of methoxy groups -OCH3 is 1. The van der Waals surface area contributed by atoms with Gasteiger partial charge in [-0.05, 0) is 39.4 Å². The zero-order chi connectivity index (χ0) is 15.7. The van der Waals surface area contributed by atoms with Gasteiger partial charge in [0, 0.05) is 6.04 Å². The van der Waals surface area contributed by atoms with Crippen LogP contribution in [0.1, 0.15) is 44.1 Å². The van der Waals surface area contributed by atoms with Gasteiger partial charge in [0.15, 0.2) is 5.69 Å². The number of nitrogens with zero attached hydrogens (tertiary/aromatic N) is 3. The third kappa shape index (κ3) is 6.08. The zero-order valence-corrected chi connectivity index (χ0v) is 13.4. The smallest absolute Gasteiger partial charge is 0.358 e. The Morgan fingerprint density at radius 1 is 1.33 bits per heavy atom. The van der Waals surface area contributed by atoms with Gasteiger partial charge in [0.05, 0.1) is 19.5 Å². The molecule has 0 spiro atoms. The van der Waals surface area contributed by atoms with E-state index in [1.807, 2.05) is 0 Å². The monoisotopic (exact) mass is 294 g/mol. The van der Waals surface area contributed by atoms with Crippen LogP contribution >= 0.6 is 0 Å². The second-order valence-electron chi connectivity index (χ2n) is 4.99. The SMILES string of the molecule is CCN(CC)CCCC(C)Nc1cnc(C(=O)OC)cn1. The fourth-order valence-corrected chi connectivity index (χ4v) is 2.10. The van der Waals surface area contributed by atoms with E-state index in [9.17, 15) is 4.79 Å². The molecule has 0 aromatic carbocycles. The lowest BCUT2D eigenvalue weighted by Crippen LogP contribution is -2.25. The predicted octanol–water partition coefficient (Wildman–Crippen LogP) is 2.19. The van der Waals surface area contributed by atoms with Gasteiger partial charge < -0.3 is 15.0 Å². The third-order valence-corrected chi connectivity index (χ3v) is 3.45. The van der Waals surface area contributed by atoms with Crippen molar-refractivity contribution in [1.82, 2.24) is 14.9 Å². The number of rotatable bonds is 9. The standard InChI is InChI=1S/C15H26N4O2/c1-5-19(6-2)9-7-8-12(3)18-14-11-16-13(10-17-14)15(20)21-4/h10-12H,5-9H2,1-4H3,(H,17,18). The molecule has 0 saturated heterocycles. The first-order valence-corrected chi connectivity index (χ1v) is 7.49. The summed E-state index contributed by atoms with van der Waals surface area (Å²) in [4.78, 5) is 21.9. The van der Waals surface area contributed by atoms with Crippen LogP contribution in [-0.2, 0) is 4.74 Å². The molecule has 1 rings (SSSR count). The highest BCUT2D eigenvalue weighted by Crippen LogP contribution is 2.08. The zero-order valence-electron chi connectivity index (χ0n) is 13.4. The number of ether oxygens (including phenoxy) is 1. The van der Waals surface area contributed by atoms with Crippen LogP contribution in [0, 0.1) is 0 Å². The summed E-state index contributed by atoms with van der Waals surface area (Å²) >= 11 is 0. The number of hydrogen-bond donors (Lipinski definition) is 1. The Kier molecular flexibility index (Phi) is 7.68. The Morgan fingerprint density at radius 3 is 2.57 bits per heavy atom. The molecule has 0 fully saturated rings. The molecule has 0 radical (unpaired) electrons. The maximum absolute atomic E-state index is 11.3. The first-order chi connectivity index (χ1) is 10.1. The predicted molar refractivity (Wildman–Crippen MR) is 83.5 cm³/mol. The molecular weight excluding hydrogens is 268 g/mol. The van der Waals surface area contributed by atoms with Gasteiger partial charge in [0.25, 0.3) is 0 Å². The van der Waals surface area contributed by atoms with Crippen LogP contribution in [0.2, 0.25) is 0 Å². The molecule has 0 saturated carbocycles. The Morgan fingerprint density at radius 2 is 2.05 bits per heavy atom. The Bertz CT molecular complexity index is 418. The summed E-state index contributed by atoms with van der Waals surface area (Å²) < 4.78 is 4.59. The largest absolute Gasteiger partial charge is 0.464 e. The molecule has 6 nitrogen and oxygen atoms in total. The number of nitrogens with one attached hydrogen (secondary N) is 1. The van der Waals surface area contributed by atoms with E-state index >= 15 is 0 Å². The second kappa shape index (κ2) is 9.28. The van der Waals surface area contributed by atoms with E-state index in [4.69, 9.17) is 0 Å². The Labute approximate surface area is 126 Å². The lowest BCUT2D eigenvalue weighted by molar-refractivity contribution is 0.0593. The summed E-state index contributed by atoms with van der Waals surface area (Å²) in [5, 5.41) is 3.29. The van der Waals surface area contributed by atoms with Crippen molar-refractivity contribution in [2.45, 2.75) is 39.7 Å². The van der Waals surface area contributed by atoms with Crippen LogP contribution in [0.4, 0.5) is 5.82 Å². The molecule has 1 N–H and O–H groups in total. The van der Waals surface area contributed by atoms with Crippen molar-refractivity contribution >= 4 is 11.8 Å². The first kappa shape index (κ1) is 17.4. The van der Waals surface area contributed by atoms with E-state index in [2.05, 4.69) is 45.7 Å². The van der Waals surface area contributed by atoms with E-state index < -0.39 is 5.97 Å². The average Bonchev–Trinajstić information content (AvgIpc) is 2.51. The van der Waals surface area contributed by atoms with Crippen molar-refractivity contribution in [3.8, 4) is 0 Å². The Hall–Kier alpha value is -1.69. The first-order valence-electron chi connectivity index (χ1n) is 7.49. The minimum atomic E-state index is -0.471. The van der Waals surface area contributed by atoms with Gasteiger partial charge >= 0.3 is 5.97 Å². The van der Waals surface area contributed by atoms with Crippen LogP contribution in [0.15, 0.2) is 12.4 Å². The van der Waals surface area contributed by atoms with E-state index in [1.54, 1.807) is 6.20 Å². The minimum Gasteiger partial charge on any atom is -0.464 e. The van der Waals surface area contributed by atoms with Crippen molar-refractivity contribution < 1.29 is 9.53 Å². The molecule has 118 valence electrons. The van der Waals surface area contributed by atoms with Gasteiger partial charge in [-0.1, -0.05) is 13.8 Å². The van der Waals surface area contributed by atoms with Crippen molar-refractivity contribution in [3.63, 3.8) is 0 Å². The number of esters is 1. The highest BCUT2D eigenvalue weighted by molar-refractivity contribution is 5.86. The number of carbonyl (C=O) groups is 1. The molecule has 21 heavy (non-hydrogen) atoms. The van der Waals surface area contributed by atoms with Crippen molar-refractivity contribution in [1.29, 1.82) is 0 Å². The van der Waals surface area contributed by atoms with Crippen molar-refractivity contribution in [2.24, 2.45) is 0 Å². The van der Waals surface area contributed by atoms with E-state index in [-0.39, 0.29) is 5.69 Å². The molecular formula is C15H26N4O2. The van der Waals surface area contributed by atoms with Crippen LogP contribution in [-0.4, -0.2) is 53.6 Å². The van der Waals surface area contributed by atoms with Crippen LogP contribution in [0.5, 0.6) is 0 Å². The summed E-state index contributed by atoms with van der Waals surface area (Å²) in [5.41, 5.74) is 0.220. The molecule has 6 heteroatoms. The lowest BCUT2D eigenvalue weighted by Gasteiger charge is -2.19. The summed E-state index contributed by atoms with van der Waals surface area (Å²) in [5.74, 6) is 0.208. The van der Waals surface area contributed by atoms with Gasteiger partial charge in [0.1, 0.15) is 5.82 Å². The molecule has 1 unspecified atom stereocenters. The molecule has 1 heterocycles. The summed E-state index contributed by atoms with van der Waals surface area (Å²) in [6, 6.07) is 0.318. The fraction of sp³-hybridized carbons (Fsp3) is 0.667. The van der Waals surface area contributed by atoms with E-state index in [0.29, 0.717) is 11.9 Å². The van der Waals surface area contributed by atoms with Gasteiger partial charge in [-0.2, -0.15) is 0 Å². The molecule has 1 atom stereocenters. The number of anilines is 1. The Balaban J connectivity index is 2.37. The van der Waals surface area contributed by atoms with E-state index in [0.717, 1.165) is 32.5 Å². The average molecular weight is 294 g/mol. The molecule has 0 aliphatic heterocycles. The van der Waals surface area contributed by atoms with Crippen LogP contribution < -0.4 is 5.32 Å². The van der Waals surface area contributed by atoms with Crippen molar-refractivity contribution in [2.75, 3.05) is 32.1 Å². The molecule has 0 aliphatic rings. The highest BCUT2D eigenvalue weighted by Gasteiger charge is 2.09. The molecule has 0 bridgehead atoms.